The molecule has 0 saturated heterocycles. The topological polar surface area (TPSA) is 41.9 Å². The van der Waals surface area contributed by atoms with Gasteiger partial charge >= 0.3 is 0 Å². The number of rotatable bonds is 6. The first kappa shape index (κ1) is 32.8. The van der Waals surface area contributed by atoms with Crippen LogP contribution in [0.2, 0.25) is 0 Å². The average Bonchev–Trinajstić information content (AvgIpc) is 3.22. The maximum absolute atomic E-state index is 5.13. The molecule has 2 fully saturated rings. The summed E-state index contributed by atoms with van der Waals surface area (Å²) in [5, 5.41) is 0. The number of para-hydroxylation sites is 2. The van der Waals surface area contributed by atoms with E-state index in [0.717, 1.165) is 34.0 Å². The summed E-state index contributed by atoms with van der Waals surface area (Å²) in [6, 6.07) is 44.4. The molecule has 2 saturated carbocycles. The molecular weight excluding hydrogens is 633 g/mol. The number of fused-ring (bicyclic) bond motifs is 2. The third-order valence-electron chi connectivity index (χ3n) is 12.1. The van der Waals surface area contributed by atoms with E-state index in [2.05, 4.69) is 140 Å². The second kappa shape index (κ2) is 13.8. The molecule has 3 aliphatic rings. The van der Waals surface area contributed by atoms with Crippen molar-refractivity contribution in [1.29, 1.82) is 0 Å². The highest BCUT2D eigenvalue weighted by molar-refractivity contribution is 5.86. The molecule has 0 radical (unpaired) electrons. The molecule has 6 aromatic rings. The van der Waals surface area contributed by atoms with E-state index in [1.54, 1.807) is 0 Å². The van der Waals surface area contributed by atoms with Crippen molar-refractivity contribution in [3.63, 3.8) is 0 Å². The van der Waals surface area contributed by atoms with Crippen LogP contribution >= 0.6 is 0 Å². The average molecular weight is 681 g/mol. The normalized spacial score (nSPS) is 17.4. The van der Waals surface area contributed by atoms with Gasteiger partial charge in [-0.3, -0.25) is 0 Å². The number of nitrogens with zero attached hydrogens (tertiary/aromatic N) is 4. The molecule has 1 aliphatic heterocycles. The van der Waals surface area contributed by atoms with Gasteiger partial charge in [-0.05, 0) is 96.2 Å². The Morgan fingerprint density at radius 1 is 0.442 bits per heavy atom. The van der Waals surface area contributed by atoms with Crippen LogP contribution in [-0.2, 0) is 5.41 Å². The molecule has 5 aromatic carbocycles. The predicted octanol–water partition coefficient (Wildman–Crippen LogP) is 13.1. The Kier molecular flexibility index (Phi) is 8.70. The van der Waals surface area contributed by atoms with Gasteiger partial charge in [-0.2, -0.15) is 0 Å². The molecular formula is C48H48N4. The van der Waals surface area contributed by atoms with Gasteiger partial charge in [-0.15, -0.1) is 0 Å². The van der Waals surface area contributed by atoms with Crippen LogP contribution in [0.5, 0.6) is 0 Å². The van der Waals surface area contributed by atoms with Gasteiger partial charge < -0.3 is 4.90 Å². The van der Waals surface area contributed by atoms with Crippen LogP contribution in [0, 0.1) is 0 Å². The third-order valence-corrected chi connectivity index (χ3v) is 12.1. The summed E-state index contributed by atoms with van der Waals surface area (Å²) in [6.07, 6.45) is 13.2. The second-order valence-corrected chi connectivity index (χ2v) is 15.8. The van der Waals surface area contributed by atoms with Crippen molar-refractivity contribution in [2.24, 2.45) is 0 Å². The monoisotopic (exact) mass is 680 g/mol. The zero-order chi connectivity index (χ0) is 35.1. The zero-order valence-corrected chi connectivity index (χ0v) is 30.6. The number of aromatic nitrogens is 3. The molecule has 2 heterocycles. The van der Waals surface area contributed by atoms with Crippen LogP contribution in [-0.4, -0.2) is 15.0 Å². The van der Waals surface area contributed by atoms with Crippen molar-refractivity contribution in [2.45, 2.75) is 95.3 Å². The van der Waals surface area contributed by atoms with Crippen molar-refractivity contribution in [3.05, 3.63) is 144 Å². The molecule has 2 aliphatic carbocycles. The number of benzene rings is 5. The molecule has 52 heavy (non-hydrogen) atoms. The van der Waals surface area contributed by atoms with Crippen LogP contribution < -0.4 is 4.90 Å². The molecule has 9 rings (SSSR count). The van der Waals surface area contributed by atoms with E-state index in [4.69, 9.17) is 15.0 Å². The lowest BCUT2D eigenvalue weighted by Crippen LogP contribution is -2.30. The summed E-state index contributed by atoms with van der Waals surface area (Å²) in [5.74, 6) is 3.46. The summed E-state index contributed by atoms with van der Waals surface area (Å²) >= 11 is 0. The molecule has 260 valence electrons. The summed E-state index contributed by atoms with van der Waals surface area (Å²) in [5.41, 5.74) is 12.0. The van der Waals surface area contributed by atoms with E-state index in [1.807, 2.05) is 0 Å². The van der Waals surface area contributed by atoms with Gasteiger partial charge in [0.25, 0.3) is 0 Å². The zero-order valence-electron chi connectivity index (χ0n) is 30.6. The smallest absolute Gasteiger partial charge is 0.164 e. The quantitative estimate of drug-likeness (QED) is 0.176. The van der Waals surface area contributed by atoms with Gasteiger partial charge in [0.1, 0.15) is 0 Å². The highest BCUT2D eigenvalue weighted by Crippen LogP contribution is 2.51. The lowest BCUT2D eigenvalue weighted by atomic mass is 9.73. The molecule has 0 unspecified atom stereocenters. The Morgan fingerprint density at radius 2 is 0.808 bits per heavy atom. The van der Waals surface area contributed by atoms with Crippen LogP contribution in [0.3, 0.4) is 0 Å². The molecule has 4 nitrogen and oxygen atoms in total. The minimum atomic E-state index is -0.0927. The van der Waals surface area contributed by atoms with E-state index in [0.29, 0.717) is 17.7 Å². The number of hydrogen-bond acceptors (Lipinski definition) is 4. The first-order valence-corrected chi connectivity index (χ1v) is 19.6. The van der Waals surface area contributed by atoms with Crippen LogP contribution in [0.15, 0.2) is 121 Å². The largest absolute Gasteiger partial charge is 0.310 e. The molecule has 0 amide bonds. The maximum atomic E-state index is 5.13. The highest BCUT2D eigenvalue weighted by atomic mass is 15.2. The number of hydrogen-bond donors (Lipinski definition) is 0. The van der Waals surface area contributed by atoms with E-state index >= 15 is 0 Å². The molecule has 4 heteroatoms. The minimum Gasteiger partial charge on any atom is -0.310 e. The fraction of sp³-hybridized carbons (Fsp3) is 0.312. The van der Waals surface area contributed by atoms with Gasteiger partial charge in [-0.25, -0.2) is 15.0 Å². The van der Waals surface area contributed by atoms with Gasteiger partial charge in [0.15, 0.2) is 17.5 Å². The minimum absolute atomic E-state index is 0.0927. The first-order chi connectivity index (χ1) is 25.5. The Bertz CT molecular complexity index is 2040. The Balaban J connectivity index is 1.09. The van der Waals surface area contributed by atoms with Crippen molar-refractivity contribution in [2.75, 3.05) is 4.90 Å². The van der Waals surface area contributed by atoms with Crippen LogP contribution in [0.4, 0.5) is 17.1 Å². The van der Waals surface area contributed by atoms with Gasteiger partial charge in [0.2, 0.25) is 0 Å². The summed E-state index contributed by atoms with van der Waals surface area (Å²) < 4.78 is 0. The van der Waals surface area contributed by atoms with Crippen molar-refractivity contribution in [1.82, 2.24) is 15.0 Å². The van der Waals surface area contributed by atoms with Crippen molar-refractivity contribution in [3.8, 4) is 34.2 Å². The Morgan fingerprint density at radius 3 is 1.21 bits per heavy atom. The SMILES string of the molecule is CC1(C)c2ccccc2N(c2ccc(-c3nc(-c4ccc(C5CCCCC5)cc4)nc(-c4ccc(C5CCCCC5)cc4)n3)cc2)c2ccccc21. The molecule has 0 N–H and O–H groups in total. The molecule has 1 aromatic heterocycles. The second-order valence-electron chi connectivity index (χ2n) is 15.8. The van der Waals surface area contributed by atoms with Gasteiger partial charge in [-0.1, -0.05) is 137 Å². The number of anilines is 3. The highest BCUT2D eigenvalue weighted by Gasteiger charge is 2.36. The Hall–Kier alpha value is -5.09. The Labute approximate surface area is 309 Å². The predicted molar refractivity (Wildman–Crippen MR) is 215 cm³/mol. The standard InChI is InChI=1S/C48H48N4/c1-48(2)41-17-9-11-19-43(41)52(44-20-12-10-18-42(44)48)40-31-29-39(30-32-40)47-50-45(37-25-21-35(22-26-37)33-13-5-3-6-14-33)49-46(51-47)38-27-23-36(24-28-38)34-15-7-4-8-16-34/h9-12,17-34H,3-8,13-16H2,1-2H3. The summed E-state index contributed by atoms with van der Waals surface area (Å²) in [6.45, 7) is 4.66. The van der Waals surface area contributed by atoms with Crippen LogP contribution in [0.1, 0.15) is 112 Å². The van der Waals surface area contributed by atoms with E-state index in [9.17, 15) is 0 Å². The van der Waals surface area contributed by atoms with Crippen molar-refractivity contribution >= 4 is 17.1 Å². The maximum Gasteiger partial charge on any atom is 0.164 e. The molecule has 0 spiro atoms. The van der Waals surface area contributed by atoms with E-state index in [-0.39, 0.29) is 5.41 Å². The lowest BCUT2D eigenvalue weighted by molar-refractivity contribution is 0.443. The van der Waals surface area contributed by atoms with Gasteiger partial charge in [0.05, 0.1) is 11.4 Å². The fourth-order valence-electron chi connectivity index (χ4n) is 9.15. The summed E-state index contributed by atoms with van der Waals surface area (Å²) in [7, 11) is 0. The van der Waals surface area contributed by atoms with Gasteiger partial charge in [0, 0.05) is 27.8 Å². The molecule has 0 atom stereocenters. The fourth-order valence-corrected chi connectivity index (χ4v) is 9.15. The van der Waals surface area contributed by atoms with E-state index < -0.39 is 0 Å². The van der Waals surface area contributed by atoms with Crippen molar-refractivity contribution < 1.29 is 0 Å². The van der Waals surface area contributed by atoms with E-state index in [1.165, 1.54) is 97.8 Å². The summed E-state index contributed by atoms with van der Waals surface area (Å²) in [4.78, 5) is 17.8. The first-order valence-electron chi connectivity index (χ1n) is 19.6. The molecule has 0 bridgehead atoms. The lowest BCUT2D eigenvalue weighted by Gasteiger charge is -2.42. The third kappa shape index (κ3) is 6.12. The van der Waals surface area contributed by atoms with Crippen LogP contribution in [0.25, 0.3) is 34.2 Å².